The molecule has 0 radical (unpaired) electrons. The summed E-state index contributed by atoms with van der Waals surface area (Å²) in [7, 11) is 0. The molecule has 0 aromatic carbocycles. The van der Waals surface area contributed by atoms with Crippen molar-refractivity contribution >= 4 is 0 Å². The highest BCUT2D eigenvalue weighted by molar-refractivity contribution is 5.15. The maximum atomic E-state index is 13.7. The zero-order valence-electron chi connectivity index (χ0n) is 18.0. The van der Waals surface area contributed by atoms with Crippen LogP contribution >= 0.6 is 0 Å². The van der Waals surface area contributed by atoms with Gasteiger partial charge in [0.25, 0.3) is 0 Å². The molecule has 0 aromatic heterocycles. The van der Waals surface area contributed by atoms with Crippen LogP contribution < -0.4 is 0 Å². The van der Waals surface area contributed by atoms with Crippen molar-refractivity contribution in [3.8, 4) is 0 Å². The number of halogens is 6. The van der Waals surface area contributed by atoms with Crippen molar-refractivity contribution in [2.45, 2.75) is 62.4 Å². The molecule has 0 aromatic rings. The van der Waals surface area contributed by atoms with E-state index in [9.17, 15) is 41.7 Å². The minimum atomic E-state index is -2.34. The maximum absolute atomic E-state index is 13.7. The predicted octanol–water partition coefficient (Wildman–Crippen LogP) is 2.99. The SMILES string of the molecule is CC(O)COC(CCF)(CCF)C(CO)(C(O)CCF)C(CCF)(CCF)OCCF. The standard InChI is InChI=1S/C20H36F6O5/c1-16(28)14-31-19(5-10-24,6-11-25)20(15-27,17(29)2-7-21)18(3-8-22,4-9-23)30-13-12-26/h16-17,27-29H,2-15H2,1H3. The maximum Gasteiger partial charge on any atom is 0.113 e. The van der Waals surface area contributed by atoms with Crippen LogP contribution in [-0.4, -0.2) is 98.6 Å². The van der Waals surface area contributed by atoms with E-state index >= 15 is 0 Å². The third kappa shape index (κ3) is 6.93. The normalized spacial score (nSPS) is 16.8. The summed E-state index contributed by atoms with van der Waals surface area (Å²) in [5.41, 5.74) is -6.68. The van der Waals surface area contributed by atoms with Crippen LogP contribution in [0.25, 0.3) is 0 Å². The molecule has 3 unspecified atom stereocenters. The van der Waals surface area contributed by atoms with E-state index in [-0.39, 0.29) is 0 Å². The smallest absolute Gasteiger partial charge is 0.113 e. The summed E-state index contributed by atoms with van der Waals surface area (Å²) < 4.78 is 92.2. The second-order valence-electron chi connectivity index (χ2n) is 7.56. The first kappa shape index (κ1) is 30.4. The molecule has 0 spiro atoms. The van der Waals surface area contributed by atoms with Crippen molar-refractivity contribution in [2.75, 3.05) is 59.9 Å². The number of alkyl halides is 6. The lowest BCUT2D eigenvalue weighted by atomic mass is 9.54. The summed E-state index contributed by atoms with van der Waals surface area (Å²) in [6.07, 6.45) is -6.42. The number of aliphatic hydroxyl groups is 3. The van der Waals surface area contributed by atoms with Gasteiger partial charge in [-0.1, -0.05) is 0 Å². The average Bonchev–Trinajstić information content (AvgIpc) is 2.72. The van der Waals surface area contributed by atoms with E-state index < -0.39 is 121 Å². The molecule has 0 bridgehead atoms. The Morgan fingerprint density at radius 3 is 1.48 bits per heavy atom. The number of hydrogen-bond acceptors (Lipinski definition) is 5. The Morgan fingerprint density at radius 2 is 1.16 bits per heavy atom. The van der Waals surface area contributed by atoms with Crippen LogP contribution in [0.2, 0.25) is 0 Å². The zero-order chi connectivity index (χ0) is 24.0. The monoisotopic (exact) mass is 470 g/mol. The Balaban J connectivity index is 7.14. The lowest BCUT2D eigenvalue weighted by Gasteiger charge is -2.60. The molecular formula is C20H36F6O5. The van der Waals surface area contributed by atoms with Gasteiger partial charge in [0.2, 0.25) is 0 Å². The third-order valence-electron chi connectivity index (χ3n) is 5.88. The second-order valence-corrected chi connectivity index (χ2v) is 7.56. The predicted molar refractivity (Wildman–Crippen MR) is 104 cm³/mol. The summed E-state index contributed by atoms with van der Waals surface area (Å²) in [5, 5.41) is 31.2. The molecule has 5 nitrogen and oxygen atoms in total. The number of hydrogen-bond donors (Lipinski definition) is 3. The van der Waals surface area contributed by atoms with Gasteiger partial charge >= 0.3 is 0 Å². The molecule has 0 amide bonds. The minimum Gasteiger partial charge on any atom is -0.395 e. The molecule has 0 fully saturated rings. The van der Waals surface area contributed by atoms with Crippen LogP contribution in [0.1, 0.15) is 39.0 Å². The number of ether oxygens (including phenoxy) is 2. The molecule has 0 aliphatic rings. The van der Waals surface area contributed by atoms with Crippen molar-refractivity contribution in [3.63, 3.8) is 0 Å². The summed E-state index contributed by atoms with van der Waals surface area (Å²) in [6.45, 7) is -7.92. The molecular weight excluding hydrogens is 434 g/mol. The number of rotatable bonds is 20. The van der Waals surface area contributed by atoms with Crippen LogP contribution in [0.3, 0.4) is 0 Å². The summed E-state index contributed by atoms with van der Waals surface area (Å²) in [4.78, 5) is 0. The van der Waals surface area contributed by atoms with Crippen LogP contribution in [0.5, 0.6) is 0 Å². The summed E-state index contributed by atoms with van der Waals surface area (Å²) in [6, 6.07) is 0. The lowest BCUT2D eigenvalue weighted by Crippen LogP contribution is -2.72. The van der Waals surface area contributed by atoms with Crippen molar-refractivity contribution in [1.29, 1.82) is 0 Å². The van der Waals surface area contributed by atoms with E-state index in [4.69, 9.17) is 9.47 Å². The molecule has 0 rings (SSSR count). The fourth-order valence-corrected chi connectivity index (χ4v) is 4.58. The molecule has 11 heteroatoms. The van der Waals surface area contributed by atoms with Gasteiger partial charge in [-0.15, -0.1) is 0 Å². The Morgan fingerprint density at radius 1 is 0.710 bits per heavy atom. The Hall–Kier alpha value is -0.620. The van der Waals surface area contributed by atoms with Crippen molar-refractivity contribution in [3.05, 3.63) is 0 Å². The molecule has 31 heavy (non-hydrogen) atoms. The van der Waals surface area contributed by atoms with E-state index in [1.807, 2.05) is 0 Å². The van der Waals surface area contributed by atoms with E-state index in [0.29, 0.717) is 0 Å². The van der Waals surface area contributed by atoms with Crippen molar-refractivity contribution < 1.29 is 51.1 Å². The summed E-state index contributed by atoms with van der Waals surface area (Å²) >= 11 is 0. The Bertz CT molecular complexity index is 448. The first-order valence-electron chi connectivity index (χ1n) is 10.4. The van der Waals surface area contributed by atoms with Gasteiger partial charge < -0.3 is 24.8 Å². The van der Waals surface area contributed by atoms with E-state index in [2.05, 4.69) is 0 Å². The molecule has 3 atom stereocenters. The fraction of sp³-hybridized carbons (Fsp3) is 1.00. The van der Waals surface area contributed by atoms with Gasteiger partial charge in [0, 0.05) is 32.1 Å². The van der Waals surface area contributed by atoms with E-state index in [0.717, 1.165) is 0 Å². The molecule has 0 saturated heterocycles. The minimum absolute atomic E-state index is 0.505. The molecule has 0 aliphatic heterocycles. The van der Waals surface area contributed by atoms with Gasteiger partial charge in [-0.05, 0) is 6.92 Å². The van der Waals surface area contributed by atoms with Gasteiger partial charge in [0.15, 0.2) is 0 Å². The van der Waals surface area contributed by atoms with Crippen LogP contribution in [0.4, 0.5) is 26.3 Å². The molecule has 188 valence electrons. The quantitative estimate of drug-likeness (QED) is 0.239. The molecule has 3 N–H and O–H groups in total. The van der Waals surface area contributed by atoms with Gasteiger partial charge in [-0.25, -0.2) is 4.39 Å². The highest BCUT2D eigenvalue weighted by Gasteiger charge is 2.67. The first-order valence-corrected chi connectivity index (χ1v) is 10.4. The molecule has 0 heterocycles. The average molecular weight is 470 g/mol. The lowest BCUT2D eigenvalue weighted by molar-refractivity contribution is -0.298. The molecule has 0 saturated carbocycles. The van der Waals surface area contributed by atoms with Gasteiger partial charge in [-0.3, -0.25) is 22.0 Å². The summed E-state index contributed by atoms with van der Waals surface area (Å²) in [5.74, 6) is 0. The van der Waals surface area contributed by atoms with Gasteiger partial charge in [0.1, 0.15) is 6.67 Å². The Kier molecular flexibility index (Phi) is 15.0. The van der Waals surface area contributed by atoms with Crippen LogP contribution in [-0.2, 0) is 9.47 Å². The van der Waals surface area contributed by atoms with Crippen LogP contribution in [0, 0.1) is 5.41 Å². The third-order valence-corrected chi connectivity index (χ3v) is 5.88. The van der Waals surface area contributed by atoms with E-state index in [1.54, 1.807) is 0 Å². The zero-order valence-corrected chi connectivity index (χ0v) is 18.0. The highest BCUT2D eigenvalue weighted by atomic mass is 19.1. The molecule has 0 aliphatic carbocycles. The van der Waals surface area contributed by atoms with E-state index in [1.165, 1.54) is 6.92 Å². The van der Waals surface area contributed by atoms with Crippen molar-refractivity contribution in [1.82, 2.24) is 0 Å². The van der Waals surface area contributed by atoms with Gasteiger partial charge in [-0.2, -0.15) is 0 Å². The van der Waals surface area contributed by atoms with Crippen LogP contribution in [0.15, 0.2) is 0 Å². The topological polar surface area (TPSA) is 79.2 Å². The van der Waals surface area contributed by atoms with Gasteiger partial charge in [0.05, 0.1) is 82.0 Å². The first-order chi connectivity index (χ1) is 14.8. The fourth-order valence-electron chi connectivity index (χ4n) is 4.58. The second kappa shape index (κ2) is 15.3. The largest absolute Gasteiger partial charge is 0.395 e. The Labute approximate surface area is 179 Å². The van der Waals surface area contributed by atoms with Crippen molar-refractivity contribution in [2.24, 2.45) is 5.41 Å². The number of aliphatic hydroxyl groups excluding tert-OH is 3. The highest BCUT2D eigenvalue weighted by Crippen LogP contribution is 2.55.